The molecule has 1 atom stereocenters. The van der Waals surface area contributed by atoms with Crippen LogP contribution in [0.15, 0.2) is 35.3 Å². The van der Waals surface area contributed by atoms with Crippen LogP contribution in [0, 0.1) is 5.95 Å². The number of halogens is 1. The van der Waals surface area contributed by atoms with Crippen LogP contribution in [0.1, 0.15) is 30.5 Å². The van der Waals surface area contributed by atoms with Crippen molar-refractivity contribution in [1.82, 2.24) is 25.1 Å². The highest BCUT2D eigenvalue weighted by molar-refractivity contribution is 5.96. The van der Waals surface area contributed by atoms with E-state index in [4.69, 9.17) is 0 Å². The van der Waals surface area contributed by atoms with E-state index < -0.39 is 12.0 Å². The second-order valence-corrected chi connectivity index (χ2v) is 7.79. The summed E-state index contributed by atoms with van der Waals surface area (Å²) in [6.07, 6.45) is 5.51. The van der Waals surface area contributed by atoms with Crippen molar-refractivity contribution >= 4 is 29.2 Å². The summed E-state index contributed by atoms with van der Waals surface area (Å²) < 4.78 is 13.2. The third kappa shape index (κ3) is 4.01. The van der Waals surface area contributed by atoms with Gasteiger partial charge < -0.3 is 10.2 Å². The van der Waals surface area contributed by atoms with Crippen LogP contribution >= 0.6 is 0 Å². The first-order valence-corrected chi connectivity index (χ1v) is 10.5. The Labute approximate surface area is 182 Å². The van der Waals surface area contributed by atoms with Gasteiger partial charge in [-0.05, 0) is 50.3 Å². The van der Waals surface area contributed by atoms with E-state index in [0.29, 0.717) is 30.3 Å². The number of amides is 1. The summed E-state index contributed by atoms with van der Waals surface area (Å²) in [6.45, 7) is 0.682. The van der Waals surface area contributed by atoms with Gasteiger partial charge in [-0.1, -0.05) is 0 Å². The minimum Gasteiger partial charge on any atom is -0.358 e. The van der Waals surface area contributed by atoms with Crippen molar-refractivity contribution in [2.24, 2.45) is 0 Å². The summed E-state index contributed by atoms with van der Waals surface area (Å²) in [5, 5.41) is 12.3. The van der Waals surface area contributed by atoms with Crippen molar-refractivity contribution in [3.63, 3.8) is 0 Å². The number of aryl methyl sites for hydroxylation is 1. The van der Waals surface area contributed by atoms with Gasteiger partial charge in [0.15, 0.2) is 5.82 Å². The van der Waals surface area contributed by atoms with E-state index in [2.05, 4.69) is 35.8 Å². The number of hydrogen-bond acceptors (Lipinski definition) is 8. The van der Waals surface area contributed by atoms with Crippen LogP contribution in [0.4, 0.5) is 27.7 Å². The van der Waals surface area contributed by atoms with Gasteiger partial charge in [-0.3, -0.25) is 14.9 Å². The van der Waals surface area contributed by atoms with Crippen molar-refractivity contribution < 1.29 is 9.18 Å². The van der Waals surface area contributed by atoms with Crippen molar-refractivity contribution in [2.45, 2.75) is 38.1 Å². The minimum atomic E-state index is -0.558. The first-order chi connectivity index (χ1) is 15.6. The predicted molar refractivity (Wildman–Crippen MR) is 115 cm³/mol. The number of aromatic nitrogens is 5. The molecule has 1 aliphatic heterocycles. The number of pyridine rings is 1. The lowest BCUT2D eigenvalue weighted by Crippen LogP contribution is -2.40. The summed E-state index contributed by atoms with van der Waals surface area (Å²) in [4.78, 5) is 39.0. The lowest BCUT2D eigenvalue weighted by Gasteiger charge is -2.25. The molecule has 3 aromatic heterocycles. The second-order valence-electron chi connectivity index (χ2n) is 7.79. The summed E-state index contributed by atoms with van der Waals surface area (Å²) in [5.41, 5.74) is 2.27. The fraction of sp³-hybridized carbons (Fsp3) is 0.333. The van der Waals surface area contributed by atoms with Gasteiger partial charge in [0, 0.05) is 18.2 Å². The Bertz CT molecular complexity index is 1190. The molecule has 32 heavy (non-hydrogen) atoms. The highest BCUT2D eigenvalue weighted by atomic mass is 19.1. The average molecular weight is 436 g/mol. The van der Waals surface area contributed by atoms with E-state index in [0.717, 1.165) is 36.9 Å². The molecule has 3 aromatic rings. The topological polar surface area (TPSA) is 129 Å². The van der Waals surface area contributed by atoms with Gasteiger partial charge in [0.25, 0.3) is 5.56 Å². The SMILES string of the molecule is O=C(Nc1nc2c(c(Nc3ccc(=O)[nH]n3)n1)CCC2)C1CCCN1c1ccc(F)nc1. The number of rotatable bonds is 5. The van der Waals surface area contributed by atoms with Crippen LogP contribution < -0.4 is 21.1 Å². The number of nitrogens with zero attached hydrogens (tertiary/aromatic N) is 5. The van der Waals surface area contributed by atoms with Crippen LogP contribution in [0.2, 0.25) is 0 Å². The van der Waals surface area contributed by atoms with Crippen LogP contribution in [-0.4, -0.2) is 43.6 Å². The molecule has 1 unspecified atom stereocenters. The fourth-order valence-corrected chi connectivity index (χ4v) is 4.21. The number of carbonyl (C=O) groups is 1. The standard InChI is InChI=1S/C21H21FN8O2/c22-16-7-6-12(11-23-16)30-10-2-5-15(30)20(32)27-21-24-14-4-1-3-13(14)19(26-21)25-17-8-9-18(31)29-28-17/h6-9,11,15H,1-5,10H2,(H,29,31)(H2,24,25,26,27,28,32). The van der Waals surface area contributed by atoms with E-state index in [1.807, 2.05) is 4.90 Å². The van der Waals surface area contributed by atoms with Gasteiger partial charge in [0.1, 0.15) is 11.9 Å². The molecule has 1 aliphatic carbocycles. The lowest BCUT2D eigenvalue weighted by atomic mass is 10.2. The minimum absolute atomic E-state index is 0.214. The molecule has 0 aromatic carbocycles. The third-order valence-corrected chi connectivity index (χ3v) is 5.69. The van der Waals surface area contributed by atoms with Crippen LogP contribution in [0.3, 0.4) is 0 Å². The monoisotopic (exact) mass is 436 g/mol. The summed E-state index contributed by atoms with van der Waals surface area (Å²) in [7, 11) is 0. The van der Waals surface area contributed by atoms with Gasteiger partial charge in [-0.2, -0.15) is 14.5 Å². The molecular formula is C21H21FN8O2. The number of anilines is 4. The van der Waals surface area contributed by atoms with Gasteiger partial charge >= 0.3 is 0 Å². The van der Waals surface area contributed by atoms with Crippen LogP contribution in [0.25, 0.3) is 0 Å². The Kier molecular flexibility index (Phi) is 5.21. The first-order valence-electron chi connectivity index (χ1n) is 10.5. The number of hydrogen-bond donors (Lipinski definition) is 3. The zero-order valence-electron chi connectivity index (χ0n) is 17.1. The number of carbonyl (C=O) groups excluding carboxylic acids is 1. The molecule has 5 rings (SSSR count). The van der Waals surface area contributed by atoms with Gasteiger partial charge in [0.2, 0.25) is 17.8 Å². The fourth-order valence-electron chi connectivity index (χ4n) is 4.21. The summed E-state index contributed by atoms with van der Waals surface area (Å²) in [5.74, 6) is 0.441. The number of nitrogens with one attached hydrogen (secondary N) is 3. The lowest BCUT2D eigenvalue weighted by molar-refractivity contribution is -0.117. The Hall–Kier alpha value is -3.89. The smallest absolute Gasteiger partial charge is 0.264 e. The summed E-state index contributed by atoms with van der Waals surface area (Å²) >= 11 is 0. The normalized spacial score (nSPS) is 17.3. The van der Waals surface area contributed by atoms with Gasteiger partial charge in [-0.15, -0.1) is 0 Å². The molecule has 2 aliphatic rings. The van der Waals surface area contributed by atoms with Crippen molar-refractivity contribution in [3.05, 3.63) is 58.0 Å². The molecule has 1 amide bonds. The maximum Gasteiger partial charge on any atom is 0.264 e. The van der Waals surface area contributed by atoms with Crippen molar-refractivity contribution in [3.8, 4) is 0 Å². The number of aromatic amines is 1. The molecule has 10 nitrogen and oxygen atoms in total. The highest BCUT2D eigenvalue weighted by Crippen LogP contribution is 2.30. The highest BCUT2D eigenvalue weighted by Gasteiger charge is 2.32. The molecule has 11 heteroatoms. The number of H-pyrrole nitrogens is 1. The molecule has 4 heterocycles. The largest absolute Gasteiger partial charge is 0.358 e. The average Bonchev–Trinajstić information content (AvgIpc) is 3.46. The molecule has 0 saturated carbocycles. The van der Waals surface area contributed by atoms with Crippen LogP contribution in [0.5, 0.6) is 0 Å². The van der Waals surface area contributed by atoms with Gasteiger partial charge in [-0.25, -0.2) is 15.1 Å². The molecule has 0 bridgehead atoms. The third-order valence-electron chi connectivity index (χ3n) is 5.69. The van der Waals surface area contributed by atoms with E-state index in [1.54, 1.807) is 12.1 Å². The van der Waals surface area contributed by atoms with Crippen LogP contribution in [-0.2, 0) is 17.6 Å². The first kappa shape index (κ1) is 20.0. The molecule has 3 N–H and O–H groups in total. The zero-order valence-corrected chi connectivity index (χ0v) is 17.1. The predicted octanol–water partition coefficient (Wildman–Crippen LogP) is 1.93. The molecule has 0 radical (unpaired) electrons. The Morgan fingerprint density at radius 1 is 1.16 bits per heavy atom. The molecular weight excluding hydrogens is 415 g/mol. The van der Waals surface area contributed by atoms with E-state index in [9.17, 15) is 14.0 Å². The van der Waals surface area contributed by atoms with Crippen molar-refractivity contribution in [1.29, 1.82) is 0 Å². The number of fused-ring (bicyclic) bond motifs is 1. The molecule has 164 valence electrons. The van der Waals surface area contributed by atoms with E-state index in [-0.39, 0.29) is 17.4 Å². The summed E-state index contributed by atoms with van der Waals surface area (Å²) in [6, 6.07) is 5.43. The molecule has 0 spiro atoms. The Morgan fingerprint density at radius 2 is 2.06 bits per heavy atom. The van der Waals surface area contributed by atoms with E-state index >= 15 is 0 Å². The van der Waals surface area contributed by atoms with Crippen molar-refractivity contribution in [2.75, 3.05) is 22.1 Å². The maximum absolute atomic E-state index is 13.2. The maximum atomic E-state index is 13.2. The van der Waals surface area contributed by atoms with E-state index in [1.165, 1.54) is 18.3 Å². The quantitative estimate of drug-likeness (QED) is 0.518. The molecule has 1 saturated heterocycles. The second kappa shape index (κ2) is 8.33. The Morgan fingerprint density at radius 3 is 2.84 bits per heavy atom. The zero-order chi connectivity index (χ0) is 22.1. The van der Waals surface area contributed by atoms with Gasteiger partial charge in [0.05, 0.1) is 17.6 Å². The Balaban J connectivity index is 1.37. The molecule has 1 fully saturated rings.